The summed E-state index contributed by atoms with van der Waals surface area (Å²) in [5.74, 6) is 0. The fourth-order valence-corrected chi connectivity index (χ4v) is 4.27. The highest BCUT2D eigenvalue weighted by atomic mass is 15.3. The second kappa shape index (κ2) is 8.68. The van der Waals surface area contributed by atoms with Gasteiger partial charge in [0.1, 0.15) is 0 Å². The van der Waals surface area contributed by atoms with Gasteiger partial charge in [-0.1, -0.05) is 60.7 Å². The molecule has 0 bridgehead atoms. The Kier molecular flexibility index (Phi) is 5.09. The van der Waals surface area contributed by atoms with Gasteiger partial charge >= 0.3 is 0 Å². The highest BCUT2D eigenvalue weighted by molar-refractivity contribution is 5.86. The molecule has 0 radical (unpaired) electrons. The van der Waals surface area contributed by atoms with Gasteiger partial charge in [0.05, 0.1) is 11.4 Å². The number of benzene rings is 4. The average molecular weight is 439 g/mol. The van der Waals surface area contributed by atoms with E-state index in [1.54, 1.807) is 6.20 Å². The number of para-hydroxylation sites is 1. The second-order valence-electron chi connectivity index (χ2n) is 8.11. The van der Waals surface area contributed by atoms with Gasteiger partial charge in [0.25, 0.3) is 0 Å². The Labute approximate surface area is 198 Å². The number of pyridine rings is 1. The molecule has 6 rings (SSSR count). The Hall–Kier alpha value is -4.70. The van der Waals surface area contributed by atoms with Crippen molar-refractivity contribution >= 4 is 27.8 Å². The van der Waals surface area contributed by atoms with Crippen molar-refractivity contribution < 1.29 is 0 Å². The van der Waals surface area contributed by atoms with Crippen molar-refractivity contribution in [3.05, 3.63) is 134 Å². The third-order valence-corrected chi connectivity index (χ3v) is 5.90. The van der Waals surface area contributed by atoms with Gasteiger partial charge in [0.15, 0.2) is 0 Å². The van der Waals surface area contributed by atoms with Crippen LogP contribution in [0.15, 0.2) is 134 Å². The lowest BCUT2D eigenvalue weighted by Crippen LogP contribution is -2.10. The Morgan fingerprint density at radius 3 is 2.15 bits per heavy atom. The molecule has 0 unspecified atom stereocenters. The summed E-state index contributed by atoms with van der Waals surface area (Å²) >= 11 is 0. The zero-order chi connectivity index (χ0) is 22.7. The minimum atomic E-state index is 0.957. The molecule has 4 nitrogen and oxygen atoms in total. The van der Waals surface area contributed by atoms with Crippen LogP contribution in [0.2, 0.25) is 0 Å². The van der Waals surface area contributed by atoms with E-state index in [1.165, 1.54) is 5.39 Å². The van der Waals surface area contributed by atoms with Crippen LogP contribution in [0.1, 0.15) is 0 Å². The maximum absolute atomic E-state index is 4.74. The second-order valence-corrected chi connectivity index (χ2v) is 8.11. The van der Waals surface area contributed by atoms with Gasteiger partial charge in [-0.25, -0.2) is 4.68 Å². The lowest BCUT2D eigenvalue weighted by Gasteiger charge is -2.26. The first-order valence-corrected chi connectivity index (χ1v) is 11.3. The van der Waals surface area contributed by atoms with E-state index >= 15 is 0 Å². The average Bonchev–Trinajstić information content (AvgIpc) is 3.45. The number of anilines is 3. The van der Waals surface area contributed by atoms with Crippen LogP contribution in [-0.2, 0) is 0 Å². The van der Waals surface area contributed by atoms with Gasteiger partial charge < -0.3 is 4.90 Å². The first kappa shape index (κ1) is 19.9. The van der Waals surface area contributed by atoms with E-state index in [4.69, 9.17) is 4.98 Å². The SMILES string of the molecule is c1ccc(N(c2cccc(-c3cc4ccccc4cn3)c2)c2cccc(-n3cccn3)c2)cc1. The normalized spacial score (nSPS) is 10.9. The summed E-state index contributed by atoms with van der Waals surface area (Å²) in [4.78, 5) is 7.00. The molecule has 4 heteroatoms. The first-order valence-electron chi connectivity index (χ1n) is 11.3. The van der Waals surface area contributed by atoms with Crippen LogP contribution in [-0.4, -0.2) is 14.8 Å². The molecule has 0 saturated carbocycles. The molecule has 162 valence electrons. The quantitative estimate of drug-likeness (QED) is 0.278. The topological polar surface area (TPSA) is 34.0 Å². The van der Waals surface area contributed by atoms with Crippen LogP contribution in [0.25, 0.3) is 27.7 Å². The zero-order valence-electron chi connectivity index (χ0n) is 18.5. The van der Waals surface area contributed by atoms with Crippen LogP contribution in [0.3, 0.4) is 0 Å². The van der Waals surface area contributed by atoms with Crippen LogP contribution in [0.5, 0.6) is 0 Å². The van der Waals surface area contributed by atoms with Gasteiger partial charge in [-0.05, 0) is 60.0 Å². The van der Waals surface area contributed by atoms with Crippen molar-refractivity contribution in [2.75, 3.05) is 4.90 Å². The van der Waals surface area contributed by atoms with E-state index in [2.05, 4.69) is 107 Å². The summed E-state index contributed by atoms with van der Waals surface area (Å²) in [7, 11) is 0. The molecule has 0 saturated heterocycles. The number of fused-ring (bicyclic) bond motifs is 1. The maximum atomic E-state index is 4.74. The Bertz CT molecular complexity index is 1560. The molecule has 0 amide bonds. The molecule has 0 aliphatic carbocycles. The summed E-state index contributed by atoms with van der Waals surface area (Å²) in [5.41, 5.74) is 6.25. The highest BCUT2D eigenvalue weighted by Gasteiger charge is 2.14. The van der Waals surface area contributed by atoms with E-state index in [1.807, 2.05) is 35.3 Å². The molecule has 0 fully saturated rings. The molecule has 2 aromatic heterocycles. The molecule has 6 aromatic rings. The third-order valence-electron chi connectivity index (χ3n) is 5.90. The molecule has 0 atom stereocenters. The maximum Gasteiger partial charge on any atom is 0.0709 e. The lowest BCUT2D eigenvalue weighted by atomic mass is 10.1. The van der Waals surface area contributed by atoms with Gasteiger partial charge in [-0.3, -0.25) is 4.98 Å². The van der Waals surface area contributed by atoms with Gasteiger partial charge in [-0.15, -0.1) is 0 Å². The van der Waals surface area contributed by atoms with Crippen molar-refractivity contribution in [2.24, 2.45) is 0 Å². The summed E-state index contributed by atoms with van der Waals surface area (Å²) in [5, 5.41) is 6.73. The van der Waals surface area contributed by atoms with Crippen molar-refractivity contribution in [3.63, 3.8) is 0 Å². The van der Waals surface area contributed by atoms with E-state index in [-0.39, 0.29) is 0 Å². The molecular weight excluding hydrogens is 416 g/mol. The molecule has 4 aromatic carbocycles. The van der Waals surface area contributed by atoms with E-state index in [0.29, 0.717) is 0 Å². The first-order chi connectivity index (χ1) is 16.8. The number of rotatable bonds is 5. The summed E-state index contributed by atoms with van der Waals surface area (Å²) in [6.45, 7) is 0. The predicted octanol–water partition coefficient (Wildman–Crippen LogP) is 7.56. The van der Waals surface area contributed by atoms with Crippen molar-refractivity contribution in [3.8, 4) is 16.9 Å². The van der Waals surface area contributed by atoms with E-state index in [9.17, 15) is 0 Å². The monoisotopic (exact) mass is 438 g/mol. The summed E-state index contributed by atoms with van der Waals surface area (Å²) in [6.07, 6.45) is 5.69. The minimum Gasteiger partial charge on any atom is -0.310 e. The fraction of sp³-hybridized carbons (Fsp3) is 0. The number of aromatic nitrogens is 3. The number of hydrogen-bond acceptors (Lipinski definition) is 3. The smallest absolute Gasteiger partial charge is 0.0709 e. The van der Waals surface area contributed by atoms with Crippen molar-refractivity contribution in [1.82, 2.24) is 14.8 Å². The predicted molar refractivity (Wildman–Crippen MR) is 139 cm³/mol. The zero-order valence-corrected chi connectivity index (χ0v) is 18.5. The summed E-state index contributed by atoms with van der Waals surface area (Å²) < 4.78 is 1.88. The number of nitrogens with zero attached hydrogens (tertiary/aromatic N) is 4. The van der Waals surface area contributed by atoms with Crippen LogP contribution in [0, 0.1) is 0 Å². The minimum absolute atomic E-state index is 0.957. The molecule has 0 spiro atoms. The lowest BCUT2D eigenvalue weighted by molar-refractivity contribution is 0.880. The number of hydrogen-bond donors (Lipinski definition) is 0. The Balaban J connectivity index is 1.47. The van der Waals surface area contributed by atoms with Crippen LogP contribution >= 0.6 is 0 Å². The molecule has 0 N–H and O–H groups in total. The molecular formula is C30H22N4. The molecule has 34 heavy (non-hydrogen) atoms. The largest absolute Gasteiger partial charge is 0.310 e. The van der Waals surface area contributed by atoms with E-state index in [0.717, 1.165) is 39.4 Å². The summed E-state index contributed by atoms with van der Waals surface area (Å²) in [6, 6.07) is 39.8. The van der Waals surface area contributed by atoms with Crippen LogP contribution < -0.4 is 4.90 Å². The Morgan fingerprint density at radius 1 is 0.588 bits per heavy atom. The van der Waals surface area contributed by atoms with Crippen molar-refractivity contribution in [1.29, 1.82) is 0 Å². The standard InChI is InChI=1S/C30H22N4/c1-2-12-26(13-3-1)34(29-16-7-14-27(21-29)33-18-8-17-32-33)28-15-6-11-24(19-28)30-20-23-9-4-5-10-25(23)22-31-30/h1-22H. The molecule has 0 aliphatic heterocycles. The fourth-order valence-electron chi connectivity index (χ4n) is 4.27. The van der Waals surface area contributed by atoms with Gasteiger partial charge in [0, 0.05) is 46.6 Å². The van der Waals surface area contributed by atoms with Crippen LogP contribution in [0.4, 0.5) is 17.1 Å². The Morgan fingerprint density at radius 2 is 1.32 bits per heavy atom. The van der Waals surface area contributed by atoms with Gasteiger partial charge in [0.2, 0.25) is 0 Å². The molecule has 0 aliphatic rings. The molecule has 2 heterocycles. The van der Waals surface area contributed by atoms with Gasteiger partial charge in [-0.2, -0.15) is 5.10 Å². The van der Waals surface area contributed by atoms with Crippen molar-refractivity contribution in [2.45, 2.75) is 0 Å². The van der Waals surface area contributed by atoms with E-state index < -0.39 is 0 Å². The third kappa shape index (κ3) is 3.82. The highest BCUT2D eigenvalue weighted by Crippen LogP contribution is 2.37.